The summed E-state index contributed by atoms with van der Waals surface area (Å²) in [7, 11) is 1.96. The zero-order chi connectivity index (χ0) is 23.5. The maximum Gasteiger partial charge on any atom is 0.270 e. The van der Waals surface area contributed by atoms with Crippen molar-refractivity contribution in [1.82, 2.24) is 25.2 Å². The van der Waals surface area contributed by atoms with Crippen molar-refractivity contribution in [2.45, 2.75) is 18.9 Å². The van der Waals surface area contributed by atoms with E-state index in [-0.39, 0.29) is 5.91 Å². The van der Waals surface area contributed by atoms with Gasteiger partial charge in [0.15, 0.2) is 0 Å². The molecule has 1 aliphatic heterocycles. The summed E-state index contributed by atoms with van der Waals surface area (Å²) in [6.45, 7) is 1.60. The van der Waals surface area contributed by atoms with Crippen LogP contribution in [0.3, 0.4) is 0 Å². The molecule has 1 unspecified atom stereocenters. The Hall–Kier alpha value is -3.43. The normalized spacial score (nSPS) is 15.4. The highest BCUT2D eigenvalue weighted by Crippen LogP contribution is 2.28. The third-order valence-corrected chi connectivity index (χ3v) is 6.35. The van der Waals surface area contributed by atoms with Crippen molar-refractivity contribution in [1.29, 1.82) is 0 Å². The molecule has 2 aromatic heterocycles. The molecule has 174 valence electrons. The standard InChI is InChI=1S/C25H25BrN6O2/c1-32-23-9-8-19(13-21(23)31-25(32)30-17-6-4-16(26)5-7-17)34-20-10-12-28-22(14-20)24(33)29-15-18-3-2-11-27-18/h4-10,12-14,18,27H,2-3,11,15H2,1H3,(H,29,33)(H,30,31). The van der Waals surface area contributed by atoms with Gasteiger partial charge in [0.2, 0.25) is 5.95 Å². The van der Waals surface area contributed by atoms with Gasteiger partial charge >= 0.3 is 0 Å². The van der Waals surface area contributed by atoms with Crippen molar-refractivity contribution in [2.75, 3.05) is 18.4 Å². The van der Waals surface area contributed by atoms with Crippen molar-refractivity contribution in [3.63, 3.8) is 0 Å². The monoisotopic (exact) mass is 520 g/mol. The Bertz CT molecular complexity index is 1310. The number of benzene rings is 2. The topological polar surface area (TPSA) is 93.1 Å². The van der Waals surface area contributed by atoms with Gasteiger partial charge in [0, 0.05) is 48.1 Å². The van der Waals surface area contributed by atoms with E-state index in [0.717, 1.165) is 46.5 Å². The second-order valence-electron chi connectivity index (χ2n) is 8.26. The number of pyridine rings is 1. The van der Waals surface area contributed by atoms with Gasteiger partial charge in [-0.2, -0.15) is 0 Å². The molecule has 2 aromatic carbocycles. The summed E-state index contributed by atoms with van der Waals surface area (Å²) in [6.07, 6.45) is 3.80. The molecule has 1 saturated heterocycles. The van der Waals surface area contributed by atoms with E-state index in [9.17, 15) is 4.79 Å². The van der Waals surface area contributed by atoms with Crippen LogP contribution in [0.2, 0.25) is 0 Å². The summed E-state index contributed by atoms with van der Waals surface area (Å²) in [5.74, 6) is 1.70. The fourth-order valence-corrected chi connectivity index (χ4v) is 4.25. The number of fused-ring (bicyclic) bond motifs is 1. The molecule has 1 aliphatic rings. The Balaban J connectivity index is 1.29. The van der Waals surface area contributed by atoms with Crippen LogP contribution in [-0.2, 0) is 7.05 Å². The summed E-state index contributed by atoms with van der Waals surface area (Å²) < 4.78 is 9.04. The molecule has 5 rings (SSSR count). The van der Waals surface area contributed by atoms with E-state index in [1.54, 1.807) is 18.3 Å². The molecular weight excluding hydrogens is 496 g/mol. The lowest BCUT2D eigenvalue weighted by atomic mass is 10.2. The van der Waals surface area contributed by atoms with Gasteiger partial charge in [0.1, 0.15) is 17.2 Å². The Morgan fingerprint density at radius 3 is 2.79 bits per heavy atom. The van der Waals surface area contributed by atoms with E-state index in [0.29, 0.717) is 29.8 Å². The molecule has 1 fully saturated rings. The minimum absolute atomic E-state index is 0.206. The molecule has 3 N–H and O–H groups in total. The van der Waals surface area contributed by atoms with E-state index >= 15 is 0 Å². The Kier molecular flexibility index (Phi) is 6.46. The molecule has 4 aromatic rings. The first-order valence-electron chi connectivity index (χ1n) is 11.2. The van der Waals surface area contributed by atoms with Crippen molar-refractivity contribution in [3.05, 3.63) is 71.0 Å². The van der Waals surface area contributed by atoms with Gasteiger partial charge in [0.05, 0.1) is 11.0 Å². The highest BCUT2D eigenvalue weighted by molar-refractivity contribution is 9.10. The zero-order valence-electron chi connectivity index (χ0n) is 18.7. The molecule has 34 heavy (non-hydrogen) atoms. The maximum absolute atomic E-state index is 12.5. The number of anilines is 2. The molecule has 0 spiro atoms. The Morgan fingerprint density at radius 1 is 1.18 bits per heavy atom. The van der Waals surface area contributed by atoms with Gasteiger partial charge in [-0.05, 0) is 61.9 Å². The summed E-state index contributed by atoms with van der Waals surface area (Å²) in [6, 6.07) is 17.4. The van der Waals surface area contributed by atoms with Crippen LogP contribution in [0.4, 0.5) is 11.6 Å². The van der Waals surface area contributed by atoms with Crippen LogP contribution in [0, 0.1) is 0 Å². The summed E-state index contributed by atoms with van der Waals surface area (Å²) >= 11 is 3.45. The predicted molar refractivity (Wildman–Crippen MR) is 136 cm³/mol. The number of nitrogens with zero attached hydrogens (tertiary/aromatic N) is 3. The molecule has 1 amide bonds. The molecule has 0 saturated carbocycles. The molecule has 9 heteroatoms. The largest absolute Gasteiger partial charge is 0.457 e. The lowest BCUT2D eigenvalue weighted by Crippen LogP contribution is -2.37. The zero-order valence-corrected chi connectivity index (χ0v) is 20.3. The minimum atomic E-state index is -0.206. The van der Waals surface area contributed by atoms with Crippen LogP contribution in [0.1, 0.15) is 23.3 Å². The summed E-state index contributed by atoms with van der Waals surface area (Å²) in [4.78, 5) is 21.4. The molecule has 3 heterocycles. The number of imidazole rings is 1. The number of aromatic nitrogens is 3. The third kappa shape index (κ3) is 5.05. The van der Waals surface area contributed by atoms with Crippen LogP contribution in [0.5, 0.6) is 11.5 Å². The van der Waals surface area contributed by atoms with E-state index in [4.69, 9.17) is 9.72 Å². The van der Waals surface area contributed by atoms with Crippen molar-refractivity contribution < 1.29 is 9.53 Å². The molecule has 0 bridgehead atoms. The Labute approximate surface area is 205 Å². The van der Waals surface area contributed by atoms with Crippen molar-refractivity contribution in [2.24, 2.45) is 7.05 Å². The molecule has 1 atom stereocenters. The molecule has 0 radical (unpaired) electrons. The van der Waals surface area contributed by atoms with Gasteiger partial charge in [0.25, 0.3) is 5.91 Å². The van der Waals surface area contributed by atoms with Gasteiger partial charge in [-0.25, -0.2) is 4.98 Å². The molecule has 8 nitrogen and oxygen atoms in total. The number of halogens is 1. The number of rotatable bonds is 7. The first-order valence-corrected chi connectivity index (χ1v) is 12.0. The maximum atomic E-state index is 12.5. The van der Waals surface area contributed by atoms with Gasteiger partial charge < -0.3 is 25.3 Å². The summed E-state index contributed by atoms with van der Waals surface area (Å²) in [5.41, 5.74) is 3.05. The number of hydrogen-bond donors (Lipinski definition) is 3. The highest BCUT2D eigenvalue weighted by Gasteiger charge is 2.16. The van der Waals surface area contributed by atoms with Gasteiger partial charge in [-0.3, -0.25) is 9.78 Å². The average molecular weight is 521 g/mol. The van der Waals surface area contributed by atoms with Crippen molar-refractivity contribution in [3.8, 4) is 11.5 Å². The lowest BCUT2D eigenvalue weighted by molar-refractivity contribution is 0.0945. The minimum Gasteiger partial charge on any atom is -0.457 e. The second kappa shape index (κ2) is 9.82. The number of nitrogens with one attached hydrogen (secondary N) is 3. The fourth-order valence-electron chi connectivity index (χ4n) is 3.99. The quantitative estimate of drug-likeness (QED) is 0.325. The number of hydrogen-bond acceptors (Lipinski definition) is 6. The van der Waals surface area contributed by atoms with E-state index < -0.39 is 0 Å². The number of carbonyl (C=O) groups is 1. The van der Waals surface area contributed by atoms with Crippen LogP contribution in [-0.4, -0.2) is 39.6 Å². The van der Waals surface area contributed by atoms with Crippen LogP contribution < -0.4 is 20.7 Å². The van der Waals surface area contributed by atoms with Crippen molar-refractivity contribution >= 4 is 44.5 Å². The predicted octanol–water partition coefficient (Wildman–Crippen LogP) is 4.75. The number of amides is 1. The van der Waals surface area contributed by atoms with Crippen LogP contribution in [0.25, 0.3) is 11.0 Å². The molecular formula is C25H25BrN6O2. The highest BCUT2D eigenvalue weighted by atomic mass is 79.9. The smallest absolute Gasteiger partial charge is 0.270 e. The van der Waals surface area contributed by atoms with Crippen LogP contribution >= 0.6 is 15.9 Å². The van der Waals surface area contributed by atoms with Gasteiger partial charge in [-0.15, -0.1) is 0 Å². The molecule has 0 aliphatic carbocycles. The average Bonchev–Trinajstić information content (AvgIpc) is 3.47. The van der Waals surface area contributed by atoms with Gasteiger partial charge in [-0.1, -0.05) is 15.9 Å². The number of carbonyl (C=O) groups excluding carboxylic acids is 1. The second-order valence-corrected chi connectivity index (χ2v) is 9.17. The van der Waals surface area contributed by atoms with Crippen LogP contribution in [0.15, 0.2) is 65.3 Å². The first-order chi connectivity index (χ1) is 16.5. The summed E-state index contributed by atoms with van der Waals surface area (Å²) in [5, 5.41) is 9.66. The first kappa shape index (κ1) is 22.4. The third-order valence-electron chi connectivity index (χ3n) is 5.82. The van der Waals surface area contributed by atoms with E-state index in [1.165, 1.54) is 0 Å². The fraction of sp³-hybridized carbons (Fsp3) is 0.240. The lowest BCUT2D eigenvalue weighted by Gasteiger charge is -2.11. The number of aryl methyl sites for hydroxylation is 1. The Morgan fingerprint density at radius 2 is 2.00 bits per heavy atom. The van der Waals surface area contributed by atoms with E-state index in [1.807, 2.05) is 54.1 Å². The number of ether oxygens (including phenoxy) is 1. The van der Waals surface area contributed by atoms with E-state index in [2.05, 4.69) is 36.9 Å². The SMILES string of the molecule is Cn1c(Nc2ccc(Br)cc2)nc2cc(Oc3ccnc(C(=O)NCC4CCCN4)c3)ccc21.